The Morgan fingerprint density at radius 1 is 0.957 bits per heavy atom. The van der Waals surface area contributed by atoms with Gasteiger partial charge in [0.1, 0.15) is 0 Å². The van der Waals surface area contributed by atoms with Crippen LogP contribution >= 0.6 is 0 Å². The number of nitrogens with two attached hydrogens (primary N) is 2. The second-order valence-corrected chi connectivity index (χ2v) is 6.70. The summed E-state index contributed by atoms with van der Waals surface area (Å²) in [5.74, 6) is 0. The van der Waals surface area contributed by atoms with Gasteiger partial charge >= 0.3 is 0 Å². The third-order valence-corrected chi connectivity index (χ3v) is 4.84. The highest BCUT2D eigenvalue weighted by Crippen LogP contribution is 2.28. The lowest BCUT2D eigenvalue weighted by Crippen LogP contribution is -2.38. The van der Waals surface area contributed by atoms with Crippen molar-refractivity contribution in [2.75, 3.05) is 13.1 Å². The van der Waals surface area contributed by atoms with E-state index in [9.17, 15) is 0 Å². The maximum atomic E-state index is 6.17. The third kappa shape index (κ3) is 5.28. The standard InChI is InChI=1S/C20H33N3/c1-17-16-19(22)18-12-8-9-13-20(18)23(17)15-11-7-5-3-2-4-6-10-14-21/h8-9,12-13,16,20H,2-7,10-11,14-15,21-22H2,1H3. The van der Waals surface area contributed by atoms with E-state index in [0.29, 0.717) is 6.04 Å². The van der Waals surface area contributed by atoms with E-state index in [0.717, 1.165) is 18.8 Å². The number of nitrogens with zero attached hydrogens (tertiary/aromatic N) is 1. The molecule has 128 valence electrons. The van der Waals surface area contributed by atoms with Crippen LogP contribution in [0.3, 0.4) is 0 Å². The first kappa shape index (κ1) is 17.9. The van der Waals surface area contributed by atoms with E-state index in [1.165, 1.54) is 62.6 Å². The second kappa shape index (κ2) is 9.61. The molecule has 3 nitrogen and oxygen atoms in total. The van der Waals surface area contributed by atoms with Gasteiger partial charge in [-0.25, -0.2) is 0 Å². The molecular weight excluding hydrogens is 282 g/mol. The molecule has 0 aromatic heterocycles. The van der Waals surface area contributed by atoms with E-state index in [1.807, 2.05) is 0 Å². The molecule has 0 fully saturated rings. The molecule has 1 heterocycles. The fourth-order valence-corrected chi connectivity index (χ4v) is 3.48. The predicted molar refractivity (Wildman–Crippen MR) is 99.7 cm³/mol. The molecule has 3 heteroatoms. The van der Waals surface area contributed by atoms with Crippen molar-refractivity contribution in [3.63, 3.8) is 0 Å². The van der Waals surface area contributed by atoms with Gasteiger partial charge < -0.3 is 16.4 Å². The molecule has 0 saturated carbocycles. The zero-order valence-corrected chi connectivity index (χ0v) is 14.6. The minimum Gasteiger partial charge on any atom is -0.398 e. The van der Waals surface area contributed by atoms with Crippen molar-refractivity contribution in [1.82, 2.24) is 4.90 Å². The Hall–Kier alpha value is -1.48. The first-order valence-corrected chi connectivity index (χ1v) is 9.23. The summed E-state index contributed by atoms with van der Waals surface area (Å²) in [6.07, 6.45) is 21.2. The van der Waals surface area contributed by atoms with Crippen LogP contribution in [-0.2, 0) is 0 Å². The van der Waals surface area contributed by atoms with Gasteiger partial charge in [-0.2, -0.15) is 0 Å². The smallest absolute Gasteiger partial charge is 0.0746 e. The largest absolute Gasteiger partial charge is 0.398 e. The van der Waals surface area contributed by atoms with Gasteiger partial charge in [0.05, 0.1) is 6.04 Å². The first-order chi connectivity index (χ1) is 11.2. The Kier molecular flexibility index (Phi) is 7.47. The van der Waals surface area contributed by atoms with Gasteiger partial charge in [0, 0.05) is 23.5 Å². The maximum Gasteiger partial charge on any atom is 0.0746 e. The lowest BCUT2D eigenvalue weighted by atomic mass is 9.94. The highest BCUT2D eigenvalue weighted by Gasteiger charge is 2.25. The van der Waals surface area contributed by atoms with E-state index in [-0.39, 0.29) is 0 Å². The number of hydrogen-bond donors (Lipinski definition) is 2. The lowest BCUT2D eigenvalue weighted by molar-refractivity contribution is 0.305. The summed E-state index contributed by atoms with van der Waals surface area (Å²) >= 11 is 0. The number of unbranched alkanes of at least 4 members (excludes halogenated alkanes) is 7. The summed E-state index contributed by atoms with van der Waals surface area (Å²) in [6.45, 7) is 4.14. The summed E-state index contributed by atoms with van der Waals surface area (Å²) in [5, 5.41) is 0. The average molecular weight is 316 g/mol. The van der Waals surface area contributed by atoms with Crippen LogP contribution in [0, 0.1) is 0 Å². The molecule has 1 aliphatic heterocycles. The highest BCUT2D eigenvalue weighted by molar-refractivity contribution is 5.46. The molecular formula is C20H33N3. The first-order valence-electron chi connectivity index (χ1n) is 9.23. The van der Waals surface area contributed by atoms with Gasteiger partial charge in [-0.05, 0) is 32.4 Å². The van der Waals surface area contributed by atoms with Crippen LogP contribution in [0.25, 0.3) is 0 Å². The van der Waals surface area contributed by atoms with E-state index in [4.69, 9.17) is 11.5 Å². The Morgan fingerprint density at radius 3 is 2.30 bits per heavy atom. The maximum absolute atomic E-state index is 6.17. The third-order valence-electron chi connectivity index (χ3n) is 4.84. The summed E-state index contributed by atoms with van der Waals surface area (Å²) in [5.41, 5.74) is 15.1. The minimum atomic E-state index is 0.335. The Balaban J connectivity index is 1.67. The molecule has 1 unspecified atom stereocenters. The van der Waals surface area contributed by atoms with Crippen LogP contribution in [0.1, 0.15) is 58.3 Å². The predicted octanol–water partition coefficient (Wildman–Crippen LogP) is 3.99. The van der Waals surface area contributed by atoms with Crippen LogP contribution in [0.2, 0.25) is 0 Å². The monoisotopic (exact) mass is 315 g/mol. The number of rotatable bonds is 10. The summed E-state index contributed by atoms with van der Waals surface area (Å²) < 4.78 is 0. The Bertz CT molecular complexity index is 485. The van der Waals surface area contributed by atoms with E-state index in [1.54, 1.807) is 0 Å². The molecule has 0 aromatic carbocycles. The number of allylic oxidation sites excluding steroid dienone is 4. The van der Waals surface area contributed by atoms with Crippen molar-refractivity contribution >= 4 is 0 Å². The lowest BCUT2D eigenvalue weighted by Gasteiger charge is -2.38. The van der Waals surface area contributed by atoms with Crippen LogP contribution in [-0.4, -0.2) is 24.0 Å². The summed E-state index contributed by atoms with van der Waals surface area (Å²) in [6, 6.07) is 0.335. The van der Waals surface area contributed by atoms with Crippen LogP contribution < -0.4 is 11.5 Å². The van der Waals surface area contributed by atoms with Gasteiger partial charge in [-0.3, -0.25) is 0 Å². The molecule has 0 radical (unpaired) electrons. The van der Waals surface area contributed by atoms with Crippen LogP contribution in [0.4, 0.5) is 0 Å². The fourth-order valence-electron chi connectivity index (χ4n) is 3.48. The van der Waals surface area contributed by atoms with Gasteiger partial charge in [0.2, 0.25) is 0 Å². The van der Waals surface area contributed by atoms with Gasteiger partial charge in [0.15, 0.2) is 0 Å². The van der Waals surface area contributed by atoms with Crippen LogP contribution in [0.5, 0.6) is 0 Å². The Morgan fingerprint density at radius 2 is 1.61 bits per heavy atom. The molecule has 4 N–H and O–H groups in total. The molecule has 0 aromatic rings. The van der Waals surface area contributed by atoms with Crippen molar-refractivity contribution in [1.29, 1.82) is 0 Å². The van der Waals surface area contributed by atoms with Gasteiger partial charge in [0.25, 0.3) is 0 Å². The Labute approximate surface area is 141 Å². The molecule has 0 amide bonds. The van der Waals surface area contributed by atoms with Crippen molar-refractivity contribution in [3.8, 4) is 0 Å². The average Bonchev–Trinajstić information content (AvgIpc) is 2.56. The van der Waals surface area contributed by atoms with E-state index < -0.39 is 0 Å². The molecule has 1 atom stereocenters. The van der Waals surface area contributed by atoms with Crippen molar-refractivity contribution in [2.45, 2.75) is 64.3 Å². The van der Waals surface area contributed by atoms with Crippen LogP contribution in [0.15, 0.2) is 47.3 Å². The summed E-state index contributed by atoms with van der Waals surface area (Å²) in [4.78, 5) is 2.49. The molecule has 0 bridgehead atoms. The molecule has 23 heavy (non-hydrogen) atoms. The molecule has 0 saturated heterocycles. The number of hydrogen-bond acceptors (Lipinski definition) is 3. The zero-order chi connectivity index (χ0) is 16.5. The molecule has 0 spiro atoms. The molecule has 2 aliphatic rings. The SMILES string of the molecule is CC1=CC(N)=C2C=CC=CC2N1CCCCCCCCCCN. The normalized spacial score (nSPS) is 20.0. The number of fused-ring (bicyclic) bond motifs is 1. The van der Waals surface area contributed by atoms with Gasteiger partial charge in [-0.1, -0.05) is 62.8 Å². The van der Waals surface area contributed by atoms with E-state index in [2.05, 4.69) is 42.2 Å². The molecule has 2 rings (SSSR count). The van der Waals surface area contributed by atoms with Gasteiger partial charge in [-0.15, -0.1) is 0 Å². The topological polar surface area (TPSA) is 55.3 Å². The van der Waals surface area contributed by atoms with E-state index >= 15 is 0 Å². The van der Waals surface area contributed by atoms with Crippen molar-refractivity contribution in [3.05, 3.63) is 47.3 Å². The fraction of sp³-hybridized carbons (Fsp3) is 0.600. The second-order valence-electron chi connectivity index (χ2n) is 6.70. The highest BCUT2D eigenvalue weighted by atomic mass is 15.2. The van der Waals surface area contributed by atoms with Crippen molar-refractivity contribution in [2.24, 2.45) is 11.5 Å². The van der Waals surface area contributed by atoms with Crippen molar-refractivity contribution < 1.29 is 0 Å². The zero-order valence-electron chi connectivity index (χ0n) is 14.6. The quantitative estimate of drug-likeness (QED) is 0.599. The minimum absolute atomic E-state index is 0.335. The summed E-state index contributed by atoms with van der Waals surface area (Å²) in [7, 11) is 0. The molecule has 1 aliphatic carbocycles.